The van der Waals surface area contributed by atoms with Crippen LogP contribution in [0.4, 0.5) is 0 Å². The Hall–Kier alpha value is -2.76. The molecule has 0 radical (unpaired) electrons. The first kappa shape index (κ1) is 11.3. The van der Waals surface area contributed by atoms with Crippen molar-refractivity contribution >= 4 is 17.0 Å². The first-order valence-electron chi connectivity index (χ1n) is 5.69. The molecule has 0 aliphatic rings. The van der Waals surface area contributed by atoms with Gasteiger partial charge in [-0.15, -0.1) is 0 Å². The van der Waals surface area contributed by atoms with E-state index >= 15 is 0 Å². The van der Waals surface area contributed by atoms with Gasteiger partial charge >= 0.3 is 5.97 Å². The Kier molecular flexibility index (Phi) is 2.68. The van der Waals surface area contributed by atoms with Gasteiger partial charge in [-0.25, -0.2) is 15.0 Å². The number of aromatic nitrogens is 4. The van der Waals surface area contributed by atoms with Gasteiger partial charge in [0.05, 0.1) is 6.42 Å². The fourth-order valence-corrected chi connectivity index (χ4v) is 1.90. The summed E-state index contributed by atoms with van der Waals surface area (Å²) in [6.07, 6.45) is 6.50. The number of carboxylic acids is 1. The number of aliphatic carboxylic acids is 1. The largest absolute Gasteiger partial charge is 0.481 e. The average molecular weight is 254 g/mol. The Morgan fingerprint density at radius 3 is 2.79 bits per heavy atom. The van der Waals surface area contributed by atoms with Gasteiger partial charge in [0.25, 0.3) is 0 Å². The quantitative estimate of drug-likeness (QED) is 0.741. The molecule has 6 heteroatoms. The Morgan fingerprint density at radius 2 is 2.05 bits per heavy atom. The number of fused-ring (bicyclic) bond motifs is 1. The number of pyridine rings is 1. The number of hydrogen-bond donors (Lipinski definition) is 2. The highest BCUT2D eigenvalue weighted by Gasteiger charge is 2.09. The number of nitrogens with one attached hydrogen (secondary N) is 1. The zero-order chi connectivity index (χ0) is 13.2. The number of carboxylic acid groups (broad SMARTS) is 1. The highest BCUT2D eigenvalue weighted by Crippen LogP contribution is 2.24. The summed E-state index contributed by atoms with van der Waals surface area (Å²) in [5.74, 6) is -0.346. The molecular formula is C13H10N4O2. The first-order valence-corrected chi connectivity index (χ1v) is 5.69. The van der Waals surface area contributed by atoms with Crippen LogP contribution >= 0.6 is 0 Å². The van der Waals surface area contributed by atoms with E-state index in [1.807, 2.05) is 12.1 Å². The summed E-state index contributed by atoms with van der Waals surface area (Å²) in [5, 5.41) is 9.63. The zero-order valence-electron chi connectivity index (χ0n) is 9.87. The van der Waals surface area contributed by atoms with Crippen molar-refractivity contribution in [3.05, 3.63) is 42.5 Å². The third-order valence-corrected chi connectivity index (χ3v) is 2.75. The maximum atomic E-state index is 10.6. The minimum absolute atomic E-state index is 0.0737. The Balaban J connectivity index is 2.00. The van der Waals surface area contributed by atoms with Crippen molar-refractivity contribution in [3.8, 4) is 11.4 Å². The van der Waals surface area contributed by atoms with Crippen LogP contribution in [0.3, 0.4) is 0 Å². The molecule has 0 atom stereocenters. The summed E-state index contributed by atoms with van der Waals surface area (Å²) in [7, 11) is 0. The van der Waals surface area contributed by atoms with Crippen LogP contribution in [0, 0.1) is 0 Å². The second-order valence-corrected chi connectivity index (χ2v) is 4.09. The van der Waals surface area contributed by atoms with Crippen molar-refractivity contribution in [3.63, 3.8) is 0 Å². The molecule has 0 fully saturated rings. The number of aromatic amines is 1. The molecule has 2 N–H and O–H groups in total. The Morgan fingerprint density at radius 1 is 1.26 bits per heavy atom. The molecule has 0 spiro atoms. The fraction of sp³-hybridized carbons (Fsp3) is 0.0769. The SMILES string of the molecule is O=C(O)Cc1cnc(-c2c[nH]c3ncccc23)nc1. The van der Waals surface area contributed by atoms with Crippen LogP contribution in [0.25, 0.3) is 22.4 Å². The molecule has 3 rings (SSSR count). The van der Waals surface area contributed by atoms with Gasteiger partial charge in [-0.2, -0.15) is 0 Å². The molecule has 0 aromatic carbocycles. The fourth-order valence-electron chi connectivity index (χ4n) is 1.90. The number of H-pyrrole nitrogens is 1. The molecular weight excluding hydrogens is 244 g/mol. The van der Waals surface area contributed by atoms with E-state index in [0.717, 1.165) is 16.6 Å². The van der Waals surface area contributed by atoms with E-state index in [1.165, 1.54) is 12.4 Å². The number of nitrogens with zero attached hydrogens (tertiary/aromatic N) is 3. The summed E-state index contributed by atoms with van der Waals surface area (Å²) in [6, 6.07) is 3.78. The van der Waals surface area contributed by atoms with Crippen molar-refractivity contribution in [1.82, 2.24) is 19.9 Å². The van der Waals surface area contributed by atoms with E-state index in [4.69, 9.17) is 5.11 Å². The van der Waals surface area contributed by atoms with Crippen LogP contribution in [0.5, 0.6) is 0 Å². The summed E-state index contributed by atoms with van der Waals surface area (Å²) in [4.78, 5) is 26.2. The second-order valence-electron chi connectivity index (χ2n) is 4.09. The summed E-state index contributed by atoms with van der Waals surface area (Å²) >= 11 is 0. The molecule has 0 amide bonds. The van der Waals surface area contributed by atoms with Crippen molar-refractivity contribution in [2.45, 2.75) is 6.42 Å². The molecule has 0 saturated carbocycles. The van der Waals surface area contributed by atoms with Crippen LogP contribution in [-0.4, -0.2) is 31.0 Å². The highest BCUT2D eigenvalue weighted by atomic mass is 16.4. The van der Waals surface area contributed by atoms with E-state index in [9.17, 15) is 4.79 Å². The van der Waals surface area contributed by atoms with Gasteiger partial charge in [0.2, 0.25) is 0 Å². The highest BCUT2D eigenvalue weighted by molar-refractivity contribution is 5.91. The van der Waals surface area contributed by atoms with Crippen molar-refractivity contribution in [2.75, 3.05) is 0 Å². The van der Waals surface area contributed by atoms with Crippen LogP contribution < -0.4 is 0 Å². The van der Waals surface area contributed by atoms with Crippen molar-refractivity contribution in [1.29, 1.82) is 0 Å². The lowest BCUT2D eigenvalue weighted by molar-refractivity contribution is -0.136. The van der Waals surface area contributed by atoms with Gasteiger partial charge < -0.3 is 10.1 Å². The molecule has 6 nitrogen and oxygen atoms in total. The van der Waals surface area contributed by atoms with Crippen LogP contribution in [0.2, 0.25) is 0 Å². The van der Waals surface area contributed by atoms with Gasteiger partial charge in [-0.05, 0) is 17.7 Å². The van der Waals surface area contributed by atoms with Gasteiger partial charge in [0, 0.05) is 35.7 Å². The van der Waals surface area contributed by atoms with Crippen molar-refractivity contribution in [2.24, 2.45) is 0 Å². The summed E-state index contributed by atoms with van der Waals surface area (Å²) in [5.41, 5.74) is 2.20. The molecule has 0 aliphatic carbocycles. The van der Waals surface area contributed by atoms with Gasteiger partial charge in [-0.3, -0.25) is 4.79 Å². The van der Waals surface area contributed by atoms with Gasteiger partial charge in [0.15, 0.2) is 5.82 Å². The minimum Gasteiger partial charge on any atom is -0.481 e. The lowest BCUT2D eigenvalue weighted by Gasteiger charge is -1.99. The predicted octanol–water partition coefficient (Wildman–Crippen LogP) is 1.65. The lowest BCUT2D eigenvalue weighted by Crippen LogP contribution is -2.01. The van der Waals surface area contributed by atoms with E-state index < -0.39 is 5.97 Å². The monoisotopic (exact) mass is 254 g/mol. The minimum atomic E-state index is -0.896. The number of rotatable bonds is 3. The average Bonchev–Trinajstić information content (AvgIpc) is 2.83. The Labute approximate surface area is 108 Å². The third-order valence-electron chi connectivity index (χ3n) is 2.75. The summed E-state index contributed by atoms with van der Waals surface area (Å²) in [6.45, 7) is 0. The van der Waals surface area contributed by atoms with E-state index in [1.54, 1.807) is 12.4 Å². The smallest absolute Gasteiger partial charge is 0.307 e. The maximum Gasteiger partial charge on any atom is 0.307 e. The van der Waals surface area contributed by atoms with E-state index in [2.05, 4.69) is 19.9 Å². The van der Waals surface area contributed by atoms with Crippen LogP contribution in [-0.2, 0) is 11.2 Å². The molecule has 0 unspecified atom stereocenters. The molecule has 19 heavy (non-hydrogen) atoms. The molecule has 0 bridgehead atoms. The molecule has 0 aliphatic heterocycles. The van der Waals surface area contributed by atoms with Gasteiger partial charge in [0.1, 0.15) is 5.65 Å². The summed E-state index contributed by atoms with van der Waals surface area (Å²) < 4.78 is 0. The second kappa shape index (κ2) is 4.49. The molecule has 3 aromatic rings. The molecule has 3 aromatic heterocycles. The standard InChI is InChI=1S/C13H10N4O2/c18-11(19)4-8-5-15-13(16-6-8)10-7-17-12-9(10)2-1-3-14-12/h1-3,5-7H,4H2,(H,14,17)(H,18,19). The Bertz CT molecular complexity index is 734. The third kappa shape index (κ3) is 2.15. The lowest BCUT2D eigenvalue weighted by atomic mass is 10.2. The van der Waals surface area contributed by atoms with Crippen molar-refractivity contribution < 1.29 is 9.90 Å². The van der Waals surface area contributed by atoms with E-state index in [-0.39, 0.29) is 6.42 Å². The van der Waals surface area contributed by atoms with Crippen LogP contribution in [0.15, 0.2) is 36.9 Å². The van der Waals surface area contributed by atoms with E-state index in [0.29, 0.717) is 11.4 Å². The van der Waals surface area contributed by atoms with Crippen LogP contribution in [0.1, 0.15) is 5.56 Å². The first-order chi connectivity index (χ1) is 9.24. The molecule has 94 valence electrons. The molecule has 3 heterocycles. The number of hydrogen-bond acceptors (Lipinski definition) is 4. The van der Waals surface area contributed by atoms with Gasteiger partial charge in [-0.1, -0.05) is 0 Å². The normalized spacial score (nSPS) is 10.7. The maximum absolute atomic E-state index is 10.6. The predicted molar refractivity (Wildman–Crippen MR) is 68.5 cm³/mol. The molecule has 0 saturated heterocycles. The topological polar surface area (TPSA) is 91.8 Å². The number of carbonyl (C=O) groups is 1. The zero-order valence-corrected chi connectivity index (χ0v) is 9.87.